The largest absolute Gasteiger partial charge is 0.493 e. The van der Waals surface area contributed by atoms with Crippen molar-refractivity contribution in [1.29, 1.82) is 0 Å². The highest BCUT2D eigenvalue weighted by atomic mass is 19.1. The third-order valence-corrected chi connectivity index (χ3v) is 8.37. The summed E-state index contributed by atoms with van der Waals surface area (Å²) in [6, 6.07) is 13.0. The Hall–Kier alpha value is -4.93. The molecule has 0 saturated heterocycles. The zero-order valence-electron chi connectivity index (χ0n) is 28.3. The molecule has 262 valence electrons. The van der Waals surface area contributed by atoms with Gasteiger partial charge in [0.05, 0.1) is 13.7 Å². The first-order chi connectivity index (χ1) is 23.6. The lowest BCUT2D eigenvalue weighted by atomic mass is 10.0. The molecule has 3 aromatic carbocycles. The predicted octanol–water partition coefficient (Wildman–Crippen LogP) is 8.06. The maximum atomic E-state index is 15.5. The van der Waals surface area contributed by atoms with Crippen molar-refractivity contribution in [3.8, 4) is 17.2 Å². The van der Waals surface area contributed by atoms with E-state index < -0.39 is 28.9 Å². The highest BCUT2D eigenvalue weighted by Crippen LogP contribution is 2.47. The number of benzene rings is 3. The minimum atomic E-state index is -1.29. The van der Waals surface area contributed by atoms with Crippen LogP contribution in [0.4, 0.5) is 20.2 Å². The number of carbonyl (C=O) groups excluding carboxylic acids is 3. The van der Waals surface area contributed by atoms with Gasteiger partial charge in [-0.1, -0.05) is 19.8 Å². The summed E-state index contributed by atoms with van der Waals surface area (Å²) in [5.41, 5.74) is 6.02. The van der Waals surface area contributed by atoms with Crippen LogP contribution in [0.25, 0.3) is 5.76 Å². The first kappa shape index (κ1) is 36.9. The molecule has 1 saturated carbocycles. The average molecular weight is 678 g/mol. The molecular formula is C38H45F2N3O6. The van der Waals surface area contributed by atoms with E-state index in [9.17, 15) is 18.8 Å². The fourth-order valence-electron chi connectivity index (χ4n) is 5.29. The summed E-state index contributed by atoms with van der Waals surface area (Å²) in [6.45, 7) is 4.47. The third-order valence-electron chi connectivity index (χ3n) is 8.37. The molecule has 1 aliphatic carbocycles. The van der Waals surface area contributed by atoms with Gasteiger partial charge in [-0.25, -0.2) is 8.78 Å². The molecule has 0 atom stereocenters. The van der Waals surface area contributed by atoms with Crippen molar-refractivity contribution < 1.29 is 37.4 Å². The van der Waals surface area contributed by atoms with E-state index in [1.807, 2.05) is 25.1 Å². The first-order valence-electron chi connectivity index (χ1n) is 16.7. The molecule has 0 spiro atoms. The highest BCUT2D eigenvalue weighted by Gasteiger charge is 2.56. The summed E-state index contributed by atoms with van der Waals surface area (Å²) in [4.78, 5) is 37.0. The summed E-state index contributed by atoms with van der Waals surface area (Å²) in [5.74, 6) is -1.02. The fourth-order valence-corrected chi connectivity index (χ4v) is 5.29. The molecule has 3 aromatic rings. The van der Waals surface area contributed by atoms with Crippen molar-refractivity contribution in [3.05, 3.63) is 83.4 Å². The molecular weight excluding hydrogens is 632 g/mol. The minimum Gasteiger partial charge on any atom is -0.493 e. The third kappa shape index (κ3) is 10.3. The van der Waals surface area contributed by atoms with Crippen LogP contribution in [0, 0.1) is 24.0 Å². The van der Waals surface area contributed by atoms with Crippen LogP contribution in [0.3, 0.4) is 0 Å². The Morgan fingerprint density at radius 2 is 1.55 bits per heavy atom. The Kier molecular flexibility index (Phi) is 13.1. The number of rotatable bonds is 19. The van der Waals surface area contributed by atoms with Gasteiger partial charge >= 0.3 is 0 Å². The van der Waals surface area contributed by atoms with E-state index in [2.05, 4.69) is 17.6 Å². The number of hydrogen-bond donors (Lipinski definition) is 3. The number of methoxy groups -OCH3 is 1. The maximum Gasteiger partial charge on any atom is 0.240 e. The van der Waals surface area contributed by atoms with E-state index in [0.29, 0.717) is 67.2 Å². The molecule has 0 heterocycles. The van der Waals surface area contributed by atoms with Crippen molar-refractivity contribution in [1.82, 2.24) is 0 Å². The number of allylic oxidation sites excluding steroid dienone is 1. The molecule has 0 unspecified atom stereocenters. The fraction of sp³-hybridized carbons (Fsp3) is 0.395. The van der Waals surface area contributed by atoms with Crippen molar-refractivity contribution in [2.75, 3.05) is 24.4 Å². The Morgan fingerprint density at radius 1 is 0.857 bits per heavy atom. The Morgan fingerprint density at radius 3 is 2.18 bits per heavy atom. The van der Waals surface area contributed by atoms with Crippen LogP contribution in [-0.2, 0) is 14.4 Å². The van der Waals surface area contributed by atoms with Gasteiger partial charge in [-0.15, -0.1) is 0 Å². The summed E-state index contributed by atoms with van der Waals surface area (Å²) in [6.07, 6.45) is 8.95. The second kappa shape index (κ2) is 17.5. The zero-order valence-corrected chi connectivity index (χ0v) is 28.3. The van der Waals surface area contributed by atoms with E-state index in [-0.39, 0.29) is 17.3 Å². The SMILES string of the molecule is CCCCCC=C(Oc1ccc(NC(=O)C2(C(=O)Nc3ccc(F)cc3)CC2)cc1F)c1cc(OC)c(OCCCCCC(N)=O)cc1C. The van der Waals surface area contributed by atoms with Crippen LogP contribution in [0.2, 0.25) is 0 Å². The topological polar surface area (TPSA) is 129 Å². The summed E-state index contributed by atoms with van der Waals surface area (Å²) in [7, 11) is 1.55. The van der Waals surface area contributed by atoms with E-state index in [4.69, 9.17) is 19.9 Å². The molecule has 9 nitrogen and oxygen atoms in total. The molecule has 1 fully saturated rings. The summed E-state index contributed by atoms with van der Waals surface area (Å²) in [5, 5.41) is 5.32. The number of unbranched alkanes of at least 4 members (excludes halogenated alkanes) is 5. The highest BCUT2D eigenvalue weighted by molar-refractivity contribution is 6.16. The van der Waals surface area contributed by atoms with Gasteiger partial charge in [0.15, 0.2) is 23.1 Å². The van der Waals surface area contributed by atoms with E-state index >= 15 is 4.39 Å². The Balaban J connectivity index is 1.46. The molecule has 0 aromatic heterocycles. The number of ether oxygens (including phenoxy) is 3. The predicted molar refractivity (Wildman–Crippen MR) is 185 cm³/mol. The van der Waals surface area contributed by atoms with Crippen LogP contribution in [0.1, 0.15) is 82.3 Å². The molecule has 0 aliphatic heterocycles. The molecule has 11 heteroatoms. The van der Waals surface area contributed by atoms with Crippen molar-refractivity contribution in [2.45, 2.75) is 78.1 Å². The number of halogens is 2. The lowest BCUT2D eigenvalue weighted by Gasteiger charge is -2.18. The van der Waals surface area contributed by atoms with Crippen LogP contribution in [0.15, 0.2) is 60.7 Å². The number of anilines is 2. The van der Waals surface area contributed by atoms with Gasteiger partial charge in [-0.3, -0.25) is 14.4 Å². The quantitative estimate of drug-likeness (QED) is 0.0669. The Bertz CT molecular complexity index is 1650. The van der Waals surface area contributed by atoms with Gasteiger partial charge in [-0.05, 0) is 112 Å². The van der Waals surface area contributed by atoms with Gasteiger partial charge in [-0.2, -0.15) is 0 Å². The van der Waals surface area contributed by atoms with Crippen LogP contribution >= 0.6 is 0 Å². The van der Waals surface area contributed by atoms with Crippen LogP contribution in [0.5, 0.6) is 17.2 Å². The van der Waals surface area contributed by atoms with Gasteiger partial charge in [0.2, 0.25) is 17.7 Å². The summed E-state index contributed by atoms with van der Waals surface area (Å²) >= 11 is 0. The van der Waals surface area contributed by atoms with E-state index in [1.54, 1.807) is 7.11 Å². The van der Waals surface area contributed by atoms with E-state index in [0.717, 1.165) is 43.7 Å². The first-order valence-corrected chi connectivity index (χ1v) is 16.7. The van der Waals surface area contributed by atoms with Crippen molar-refractivity contribution in [3.63, 3.8) is 0 Å². The number of hydrogen-bond acceptors (Lipinski definition) is 6. The van der Waals surface area contributed by atoms with Gasteiger partial charge in [0, 0.05) is 29.4 Å². The van der Waals surface area contributed by atoms with Crippen LogP contribution < -0.4 is 30.6 Å². The molecule has 0 bridgehead atoms. The molecule has 0 radical (unpaired) electrons. The van der Waals surface area contributed by atoms with Crippen LogP contribution in [-0.4, -0.2) is 31.4 Å². The van der Waals surface area contributed by atoms with Crippen molar-refractivity contribution >= 4 is 34.9 Å². The number of aryl methyl sites for hydroxylation is 1. The number of nitrogens with one attached hydrogen (secondary N) is 2. The van der Waals surface area contributed by atoms with Gasteiger partial charge in [0.25, 0.3) is 0 Å². The molecule has 4 rings (SSSR count). The minimum absolute atomic E-state index is 0.0374. The monoisotopic (exact) mass is 677 g/mol. The average Bonchev–Trinajstić information content (AvgIpc) is 3.89. The lowest BCUT2D eigenvalue weighted by Crippen LogP contribution is -2.35. The van der Waals surface area contributed by atoms with Gasteiger partial charge in [0.1, 0.15) is 17.0 Å². The lowest BCUT2D eigenvalue weighted by molar-refractivity contribution is -0.131. The summed E-state index contributed by atoms with van der Waals surface area (Å²) < 4.78 is 46.6. The second-order valence-corrected chi connectivity index (χ2v) is 12.3. The normalized spacial score (nSPS) is 13.4. The number of carbonyl (C=O) groups is 3. The van der Waals surface area contributed by atoms with Crippen molar-refractivity contribution in [2.24, 2.45) is 11.1 Å². The molecule has 4 N–H and O–H groups in total. The smallest absolute Gasteiger partial charge is 0.240 e. The maximum absolute atomic E-state index is 15.5. The standard InChI is InChI=1S/C38H45F2N3O6/c1-4-5-6-8-11-31(29-24-33(47-3)34(22-25(29)2)48-21-10-7-9-12-35(41)44)49-32-18-17-28(23-30(32)40)43-37(46)38(19-20-38)36(45)42-27-15-13-26(39)14-16-27/h11,13-18,22-24H,4-10,12,19-21H2,1-3H3,(H2,41,44)(H,42,45)(H,43,46). The second-order valence-electron chi connectivity index (χ2n) is 12.3. The number of primary amides is 1. The van der Waals surface area contributed by atoms with Gasteiger partial charge < -0.3 is 30.6 Å². The number of nitrogens with two attached hydrogens (primary N) is 1. The Labute approximate surface area is 286 Å². The molecule has 3 amide bonds. The molecule has 49 heavy (non-hydrogen) atoms. The molecule has 1 aliphatic rings. The van der Waals surface area contributed by atoms with E-state index in [1.165, 1.54) is 36.4 Å². The zero-order chi connectivity index (χ0) is 35.4. The number of amides is 3.